The summed E-state index contributed by atoms with van der Waals surface area (Å²) in [6, 6.07) is 12.3. The van der Waals surface area contributed by atoms with E-state index in [1.165, 1.54) is 31.5 Å². The summed E-state index contributed by atoms with van der Waals surface area (Å²) in [5, 5.41) is 9.23. The summed E-state index contributed by atoms with van der Waals surface area (Å²) in [5.74, 6) is 0. The van der Waals surface area contributed by atoms with Gasteiger partial charge in [0.2, 0.25) is 0 Å². The highest BCUT2D eigenvalue weighted by atomic mass is 15.3. The number of likely N-dealkylation sites (tertiary alicyclic amines) is 1. The minimum absolute atomic E-state index is 0.645. The molecule has 2 atom stereocenters. The van der Waals surface area contributed by atoms with Crippen LogP contribution < -0.4 is 0 Å². The van der Waals surface area contributed by atoms with Crippen LogP contribution in [0, 0.1) is 11.3 Å². The van der Waals surface area contributed by atoms with E-state index < -0.39 is 0 Å². The number of piperazine rings is 1. The van der Waals surface area contributed by atoms with E-state index in [9.17, 15) is 5.26 Å². The highest BCUT2D eigenvalue weighted by Gasteiger charge is 2.40. The van der Waals surface area contributed by atoms with E-state index >= 15 is 0 Å². The second-order valence-corrected chi connectivity index (χ2v) is 6.37. The van der Waals surface area contributed by atoms with Gasteiger partial charge in [0, 0.05) is 37.8 Å². The lowest BCUT2D eigenvalue weighted by atomic mass is 10.1. The molecule has 0 aromatic heterocycles. The van der Waals surface area contributed by atoms with Gasteiger partial charge < -0.3 is 0 Å². The largest absolute Gasteiger partial charge is 0.298 e. The van der Waals surface area contributed by atoms with E-state index in [4.69, 9.17) is 0 Å². The zero-order valence-electron chi connectivity index (χ0n) is 12.4. The standard InChI is InChI=1S/C17H23N3/c1-13(2)19-11-16-7-8-17(12-19)20(16)10-15-6-4-3-5-14(15)9-18/h3-6,13,16-17H,7-8,10-12H2,1-2H3. The second kappa shape index (κ2) is 5.55. The van der Waals surface area contributed by atoms with Gasteiger partial charge in [-0.1, -0.05) is 18.2 Å². The fourth-order valence-corrected chi connectivity index (χ4v) is 3.67. The van der Waals surface area contributed by atoms with E-state index in [1.54, 1.807) is 0 Å². The number of fused-ring (bicyclic) bond motifs is 2. The van der Waals surface area contributed by atoms with Gasteiger partial charge in [-0.3, -0.25) is 9.80 Å². The van der Waals surface area contributed by atoms with Crippen LogP contribution in [-0.4, -0.2) is 41.0 Å². The van der Waals surface area contributed by atoms with Crippen molar-refractivity contribution in [3.05, 3.63) is 35.4 Å². The fraction of sp³-hybridized carbons (Fsp3) is 0.588. The summed E-state index contributed by atoms with van der Waals surface area (Å²) in [6.45, 7) is 7.89. The lowest BCUT2D eigenvalue weighted by Gasteiger charge is -2.43. The molecule has 2 unspecified atom stereocenters. The SMILES string of the molecule is CC(C)N1CC2CCC(C1)N2Cc1ccccc1C#N. The van der Waals surface area contributed by atoms with Crippen LogP contribution in [0.25, 0.3) is 0 Å². The quantitative estimate of drug-likeness (QED) is 0.845. The van der Waals surface area contributed by atoms with E-state index in [0.717, 1.165) is 12.1 Å². The molecule has 2 heterocycles. The summed E-state index contributed by atoms with van der Waals surface area (Å²) in [5.41, 5.74) is 2.02. The van der Waals surface area contributed by atoms with Crippen LogP contribution in [0.1, 0.15) is 37.8 Å². The van der Waals surface area contributed by atoms with E-state index in [1.807, 2.05) is 18.2 Å². The highest BCUT2D eigenvalue weighted by molar-refractivity contribution is 5.37. The van der Waals surface area contributed by atoms with Crippen LogP contribution >= 0.6 is 0 Å². The predicted octanol–water partition coefficient (Wildman–Crippen LogP) is 2.62. The van der Waals surface area contributed by atoms with E-state index in [0.29, 0.717) is 18.1 Å². The van der Waals surface area contributed by atoms with Crippen LogP contribution in [0.3, 0.4) is 0 Å². The van der Waals surface area contributed by atoms with Crippen molar-refractivity contribution < 1.29 is 0 Å². The summed E-state index contributed by atoms with van der Waals surface area (Å²) in [7, 11) is 0. The molecule has 2 saturated heterocycles. The molecule has 2 fully saturated rings. The third kappa shape index (κ3) is 2.46. The molecule has 0 N–H and O–H groups in total. The predicted molar refractivity (Wildman–Crippen MR) is 80.2 cm³/mol. The molecule has 2 aliphatic heterocycles. The maximum absolute atomic E-state index is 9.23. The molecule has 3 nitrogen and oxygen atoms in total. The Morgan fingerprint density at radius 1 is 1.20 bits per heavy atom. The first-order valence-corrected chi connectivity index (χ1v) is 7.67. The third-order valence-electron chi connectivity index (χ3n) is 4.88. The average molecular weight is 269 g/mol. The normalized spacial score (nSPS) is 26.9. The number of hydrogen-bond donors (Lipinski definition) is 0. The van der Waals surface area contributed by atoms with Gasteiger partial charge >= 0.3 is 0 Å². The number of nitrogens with zero attached hydrogens (tertiary/aromatic N) is 3. The van der Waals surface area contributed by atoms with Crippen molar-refractivity contribution >= 4 is 0 Å². The second-order valence-electron chi connectivity index (χ2n) is 6.37. The summed E-state index contributed by atoms with van der Waals surface area (Å²) >= 11 is 0. The molecule has 0 radical (unpaired) electrons. The van der Waals surface area contributed by atoms with Gasteiger partial charge in [-0.05, 0) is 38.3 Å². The van der Waals surface area contributed by atoms with E-state index in [-0.39, 0.29) is 0 Å². The zero-order chi connectivity index (χ0) is 14.1. The summed E-state index contributed by atoms with van der Waals surface area (Å²) in [6.07, 6.45) is 2.62. The van der Waals surface area contributed by atoms with Crippen LogP contribution in [0.2, 0.25) is 0 Å². The fourth-order valence-electron chi connectivity index (χ4n) is 3.67. The monoisotopic (exact) mass is 269 g/mol. The minimum atomic E-state index is 0.645. The van der Waals surface area contributed by atoms with Crippen LogP contribution in [0.4, 0.5) is 0 Å². The first-order chi connectivity index (χ1) is 9.69. The molecule has 3 rings (SSSR count). The first-order valence-electron chi connectivity index (χ1n) is 7.67. The van der Waals surface area contributed by atoms with Crippen molar-refractivity contribution in [3.63, 3.8) is 0 Å². The molecule has 1 aromatic carbocycles. The molecule has 0 spiro atoms. The van der Waals surface area contributed by atoms with Crippen molar-refractivity contribution in [2.45, 2.75) is 51.4 Å². The number of nitriles is 1. The van der Waals surface area contributed by atoms with Crippen molar-refractivity contribution in [1.29, 1.82) is 5.26 Å². The molecule has 0 saturated carbocycles. The van der Waals surface area contributed by atoms with Crippen LogP contribution in [-0.2, 0) is 6.54 Å². The van der Waals surface area contributed by atoms with Crippen molar-refractivity contribution in [1.82, 2.24) is 9.80 Å². The number of hydrogen-bond acceptors (Lipinski definition) is 3. The molecule has 1 aromatic rings. The Morgan fingerprint density at radius 3 is 2.45 bits per heavy atom. The van der Waals surface area contributed by atoms with Crippen LogP contribution in [0.5, 0.6) is 0 Å². The molecule has 2 aliphatic rings. The molecule has 20 heavy (non-hydrogen) atoms. The Morgan fingerprint density at radius 2 is 1.85 bits per heavy atom. The van der Waals surface area contributed by atoms with Crippen LogP contribution in [0.15, 0.2) is 24.3 Å². The highest BCUT2D eigenvalue weighted by Crippen LogP contribution is 2.32. The Hall–Kier alpha value is -1.37. The molecule has 3 heteroatoms. The van der Waals surface area contributed by atoms with Gasteiger partial charge in [-0.2, -0.15) is 5.26 Å². The third-order valence-corrected chi connectivity index (χ3v) is 4.88. The maximum Gasteiger partial charge on any atom is 0.0995 e. The smallest absolute Gasteiger partial charge is 0.0995 e. The molecule has 2 bridgehead atoms. The van der Waals surface area contributed by atoms with Gasteiger partial charge in [0.1, 0.15) is 0 Å². The molecular formula is C17H23N3. The molecular weight excluding hydrogens is 246 g/mol. The first kappa shape index (κ1) is 13.6. The Labute approximate surface area is 121 Å². The van der Waals surface area contributed by atoms with Crippen molar-refractivity contribution in [2.75, 3.05) is 13.1 Å². The average Bonchev–Trinajstić information content (AvgIpc) is 2.69. The summed E-state index contributed by atoms with van der Waals surface area (Å²) < 4.78 is 0. The van der Waals surface area contributed by atoms with Gasteiger partial charge in [-0.25, -0.2) is 0 Å². The number of rotatable bonds is 3. The zero-order valence-corrected chi connectivity index (χ0v) is 12.4. The Bertz CT molecular complexity index is 503. The van der Waals surface area contributed by atoms with Gasteiger partial charge in [-0.15, -0.1) is 0 Å². The van der Waals surface area contributed by atoms with Gasteiger partial charge in [0.05, 0.1) is 11.6 Å². The van der Waals surface area contributed by atoms with Crippen molar-refractivity contribution in [2.24, 2.45) is 0 Å². The van der Waals surface area contributed by atoms with Gasteiger partial charge in [0.25, 0.3) is 0 Å². The van der Waals surface area contributed by atoms with E-state index in [2.05, 4.69) is 35.8 Å². The molecule has 106 valence electrons. The van der Waals surface area contributed by atoms with Crippen molar-refractivity contribution in [3.8, 4) is 6.07 Å². The summed E-state index contributed by atoms with van der Waals surface area (Å²) in [4.78, 5) is 5.24. The molecule has 0 aliphatic carbocycles. The Kier molecular flexibility index (Phi) is 3.78. The van der Waals surface area contributed by atoms with Gasteiger partial charge in [0.15, 0.2) is 0 Å². The molecule has 0 amide bonds. The minimum Gasteiger partial charge on any atom is -0.298 e. The maximum atomic E-state index is 9.23. The lowest BCUT2D eigenvalue weighted by Crippen LogP contribution is -2.54. The number of benzene rings is 1. The lowest BCUT2D eigenvalue weighted by molar-refractivity contribution is 0.0441. The topological polar surface area (TPSA) is 30.3 Å². The Balaban J connectivity index is 1.75.